The zero-order chi connectivity index (χ0) is 38.5. The number of aliphatic hydroxyl groups excluding tert-OH is 1. The van der Waals surface area contributed by atoms with Crippen LogP contribution in [0.3, 0.4) is 0 Å². The van der Waals surface area contributed by atoms with Crippen LogP contribution in [0.1, 0.15) is 86.3 Å². The number of carboxylic acids is 1. The Morgan fingerprint density at radius 2 is 1.87 bits per heavy atom. The van der Waals surface area contributed by atoms with Gasteiger partial charge in [0.2, 0.25) is 0 Å². The summed E-state index contributed by atoms with van der Waals surface area (Å²) >= 11 is 0. The zero-order valence-electron chi connectivity index (χ0n) is 31.5. The van der Waals surface area contributed by atoms with Crippen molar-refractivity contribution in [3.05, 3.63) is 89.2 Å². The third-order valence-electron chi connectivity index (χ3n) is 13.0. The Kier molecular flexibility index (Phi) is 12.2. The number of fused-ring (bicyclic) bond motifs is 4. The first-order valence-corrected chi connectivity index (χ1v) is 20.2. The molecule has 4 bridgehead atoms. The number of hydrogen-bond donors (Lipinski definition) is 7. The van der Waals surface area contributed by atoms with Gasteiger partial charge in [-0.25, -0.2) is 4.79 Å². The van der Waals surface area contributed by atoms with Crippen molar-refractivity contribution in [1.29, 1.82) is 0 Å². The molecule has 11 nitrogen and oxygen atoms in total. The number of aliphatic imine (C=N–C) groups is 1. The highest BCUT2D eigenvalue weighted by atomic mass is 16.4. The third-order valence-corrected chi connectivity index (χ3v) is 13.0. The Labute approximate surface area is 323 Å². The average Bonchev–Trinajstić information content (AvgIpc) is 3.70. The molecule has 1 saturated carbocycles. The van der Waals surface area contributed by atoms with Gasteiger partial charge in [-0.05, 0) is 138 Å². The van der Waals surface area contributed by atoms with E-state index in [9.17, 15) is 24.6 Å². The first-order valence-electron chi connectivity index (χ1n) is 20.2. The van der Waals surface area contributed by atoms with Gasteiger partial charge in [-0.2, -0.15) is 0 Å². The van der Waals surface area contributed by atoms with Gasteiger partial charge in [-0.15, -0.1) is 0 Å². The van der Waals surface area contributed by atoms with Crippen LogP contribution >= 0.6 is 0 Å². The SMILES string of the molecule is NC1=NCCC(C(=CC(=O)O)C(Nc2ccc[nH]2)C2CCC3c4cc5ccc(CC=O)cc5cc4C4C(CCC(N)CCC(C=O)CCCO)C=CC3C24)N1. The minimum Gasteiger partial charge on any atom is -0.478 e. The number of carbonyl (C=O) groups excluding carboxylic acids is 2. The molecule has 1 aromatic heterocycles. The number of nitrogens with zero attached hydrogens (tertiary/aromatic N) is 1. The molecule has 0 amide bonds. The second-order valence-electron chi connectivity index (χ2n) is 16.2. The first kappa shape index (κ1) is 38.5. The fraction of sp³-hybridized carbons (Fsp3) is 0.500. The van der Waals surface area contributed by atoms with Crippen LogP contribution in [0.25, 0.3) is 10.8 Å². The summed E-state index contributed by atoms with van der Waals surface area (Å²) in [4.78, 5) is 43.5. The molecule has 55 heavy (non-hydrogen) atoms. The molecule has 4 aliphatic rings. The Morgan fingerprint density at radius 1 is 1.02 bits per heavy atom. The molecule has 11 heteroatoms. The van der Waals surface area contributed by atoms with Crippen LogP contribution < -0.4 is 22.1 Å². The van der Waals surface area contributed by atoms with E-state index in [0.29, 0.717) is 44.1 Å². The number of aliphatic hydroxyl groups is 1. The lowest BCUT2D eigenvalue weighted by atomic mass is 9.48. The van der Waals surface area contributed by atoms with Gasteiger partial charge >= 0.3 is 5.97 Å². The predicted octanol–water partition coefficient (Wildman–Crippen LogP) is 5.56. The molecular weight excluding hydrogens is 693 g/mol. The van der Waals surface area contributed by atoms with Gasteiger partial charge in [0.1, 0.15) is 18.4 Å². The van der Waals surface area contributed by atoms with Gasteiger partial charge in [0, 0.05) is 43.8 Å². The standard InChI is InChI=1S/C44H56N6O5/c45-31(10-6-27(25-53)3-2-19-51)11-8-28-9-12-33-32-13-14-34(42(33)41(28)36-23-30-21-26(16-20-52)5-7-29(30)22-35(32)36)43(50-39-4-1-17-47-39)37(24-40(54)55)38-15-18-48-44(46)49-38/h1,4-5,7,9,12,17,20-25,27-28,31-34,38,41-43,47,50-51H,2-3,6,8,10-11,13-16,18-19,45H2,(H,54,55)(H3,46,48,49). The number of nitrogens with one attached hydrogen (secondary N) is 3. The summed E-state index contributed by atoms with van der Waals surface area (Å²) in [6.45, 7) is 0.600. The Balaban J connectivity index is 1.28. The predicted molar refractivity (Wildman–Crippen MR) is 216 cm³/mol. The number of anilines is 1. The van der Waals surface area contributed by atoms with Crippen molar-refractivity contribution >= 4 is 41.1 Å². The van der Waals surface area contributed by atoms with Gasteiger partial charge in [-0.1, -0.05) is 42.5 Å². The second kappa shape index (κ2) is 17.4. The molecule has 3 aromatic rings. The lowest BCUT2D eigenvalue weighted by Crippen LogP contribution is -2.54. The Hall–Kier alpha value is -4.74. The van der Waals surface area contributed by atoms with Crippen molar-refractivity contribution in [3.8, 4) is 0 Å². The molecule has 292 valence electrons. The van der Waals surface area contributed by atoms with Gasteiger partial charge in [0.05, 0.1) is 12.1 Å². The summed E-state index contributed by atoms with van der Waals surface area (Å²) in [5, 5.41) is 29.0. The number of nitrogens with two attached hydrogens (primary N) is 2. The van der Waals surface area contributed by atoms with E-state index < -0.39 is 5.97 Å². The van der Waals surface area contributed by atoms with Gasteiger partial charge < -0.3 is 46.9 Å². The zero-order valence-corrected chi connectivity index (χ0v) is 31.5. The molecule has 0 saturated heterocycles. The number of allylic oxidation sites excluding steroid dienone is 2. The van der Waals surface area contributed by atoms with Crippen molar-refractivity contribution < 1.29 is 24.6 Å². The molecule has 0 spiro atoms. The molecule has 7 rings (SSSR count). The Morgan fingerprint density at radius 3 is 2.62 bits per heavy atom. The van der Waals surface area contributed by atoms with Crippen LogP contribution in [0.5, 0.6) is 0 Å². The maximum atomic E-state index is 12.6. The number of hydrogen-bond acceptors (Lipinski definition) is 9. The number of benzene rings is 2. The molecule has 1 fully saturated rings. The maximum Gasteiger partial charge on any atom is 0.328 e. The van der Waals surface area contributed by atoms with Crippen molar-refractivity contribution in [3.63, 3.8) is 0 Å². The first-order chi connectivity index (χ1) is 26.8. The molecular formula is C44H56N6O5. The lowest BCUT2D eigenvalue weighted by molar-refractivity contribution is -0.131. The summed E-state index contributed by atoms with van der Waals surface area (Å²) in [6.07, 6.45) is 17.5. The third kappa shape index (κ3) is 8.43. The highest BCUT2D eigenvalue weighted by Crippen LogP contribution is 2.62. The molecule has 9 N–H and O–H groups in total. The summed E-state index contributed by atoms with van der Waals surface area (Å²) in [7, 11) is 0. The minimum absolute atomic E-state index is 0.0555. The van der Waals surface area contributed by atoms with E-state index in [4.69, 9.17) is 11.5 Å². The number of H-pyrrole nitrogens is 1. The number of aromatic nitrogens is 1. The van der Waals surface area contributed by atoms with Gasteiger partial charge in [-0.3, -0.25) is 4.99 Å². The van der Waals surface area contributed by atoms with Gasteiger partial charge in [0.15, 0.2) is 5.96 Å². The highest BCUT2D eigenvalue weighted by molar-refractivity contribution is 5.86. The van der Waals surface area contributed by atoms with Crippen LogP contribution in [-0.4, -0.2) is 71.0 Å². The fourth-order valence-electron chi connectivity index (χ4n) is 10.5. The minimum atomic E-state index is -0.989. The normalized spacial score (nSPS) is 27.3. The molecule has 10 unspecified atom stereocenters. The number of guanidine groups is 1. The van der Waals surface area contributed by atoms with Crippen molar-refractivity contribution in [2.75, 3.05) is 18.5 Å². The molecule has 10 atom stereocenters. The topological polar surface area (TPSA) is 196 Å². The van der Waals surface area contributed by atoms with Crippen molar-refractivity contribution in [1.82, 2.24) is 10.3 Å². The van der Waals surface area contributed by atoms with E-state index in [-0.39, 0.29) is 60.2 Å². The van der Waals surface area contributed by atoms with Gasteiger partial charge in [0.25, 0.3) is 0 Å². The van der Waals surface area contributed by atoms with E-state index in [2.05, 4.69) is 63.1 Å². The van der Waals surface area contributed by atoms with Crippen LogP contribution in [0.15, 0.2) is 77.5 Å². The summed E-state index contributed by atoms with van der Waals surface area (Å²) in [5.41, 5.74) is 17.5. The second-order valence-corrected chi connectivity index (χ2v) is 16.2. The number of rotatable bonds is 18. The largest absolute Gasteiger partial charge is 0.478 e. The van der Waals surface area contributed by atoms with Crippen molar-refractivity contribution in [2.45, 2.75) is 94.2 Å². The molecule has 1 aliphatic heterocycles. The quantitative estimate of drug-likeness (QED) is 0.0495. The summed E-state index contributed by atoms with van der Waals surface area (Å²) < 4.78 is 0. The summed E-state index contributed by atoms with van der Waals surface area (Å²) in [5.74, 6) is 1.36. The maximum absolute atomic E-state index is 12.6. The lowest BCUT2D eigenvalue weighted by Gasteiger charge is -2.57. The molecule has 2 heterocycles. The monoisotopic (exact) mass is 748 g/mol. The van der Waals surface area contributed by atoms with Crippen LogP contribution in [0.2, 0.25) is 0 Å². The van der Waals surface area contributed by atoms with Crippen molar-refractivity contribution in [2.24, 2.45) is 46.0 Å². The summed E-state index contributed by atoms with van der Waals surface area (Å²) in [6, 6.07) is 14.4. The van der Waals surface area contributed by atoms with E-state index in [1.165, 1.54) is 22.6 Å². The number of carboxylic acid groups (broad SMARTS) is 1. The van der Waals surface area contributed by atoms with E-state index in [1.54, 1.807) is 0 Å². The smallest absolute Gasteiger partial charge is 0.328 e. The number of aldehydes is 2. The number of aromatic amines is 1. The molecule has 2 aromatic carbocycles. The Bertz CT molecular complexity index is 1920. The van der Waals surface area contributed by atoms with E-state index in [1.807, 2.05) is 18.3 Å². The van der Waals surface area contributed by atoms with Crippen LogP contribution in [-0.2, 0) is 20.8 Å². The number of carbonyl (C=O) groups is 3. The van der Waals surface area contributed by atoms with E-state index >= 15 is 0 Å². The average molecular weight is 749 g/mol. The molecule has 3 aliphatic carbocycles. The molecule has 0 radical (unpaired) electrons. The van der Waals surface area contributed by atoms with E-state index in [0.717, 1.165) is 73.4 Å². The van der Waals surface area contributed by atoms with Crippen LogP contribution in [0, 0.1) is 29.6 Å². The fourth-order valence-corrected chi connectivity index (χ4v) is 10.5. The van der Waals surface area contributed by atoms with Crippen LogP contribution in [0.4, 0.5) is 5.82 Å². The number of aliphatic carboxylic acids is 1. The highest BCUT2D eigenvalue weighted by Gasteiger charge is 2.54.